The third-order valence-electron chi connectivity index (χ3n) is 13.5. The second-order valence-electron chi connectivity index (χ2n) is 14.7. The molecule has 4 saturated carbocycles. The number of hydrogen-bond donors (Lipinski definition) is 2. The molecule has 8 aliphatic rings. The molecule has 5 aliphatic carbocycles. The van der Waals surface area contributed by atoms with Crippen molar-refractivity contribution in [3.63, 3.8) is 0 Å². The van der Waals surface area contributed by atoms with E-state index in [9.17, 15) is 19.8 Å². The van der Waals surface area contributed by atoms with Crippen molar-refractivity contribution >= 4 is 11.9 Å². The summed E-state index contributed by atoms with van der Waals surface area (Å²) in [6.45, 7) is 12.4. The summed E-state index contributed by atoms with van der Waals surface area (Å²) in [6.07, 6.45) is 1.71. The highest BCUT2D eigenvalue weighted by Gasteiger charge is 2.91. The molecule has 7 fully saturated rings. The Morgan fingerprint density at radius 3 is 2.27 bits per heavy atom. The van der Waals surface area contributed by atoms with Gasteiger partial charge in [-0.3, -0.25) is 9.59 Å². The summed E-state index contributed by atoms with van der Waals surface area (Å²) < 4.78 is 19.4. The van der Waals surface area contributed by atoms with Crippen LogP contribution in [0.5, 0.6) is 0 Å². The van der Waals surface area contributed by atoms with Gasteiger partial charge in [-0.05, 0) is 76.7 Å². The van der Waals surface area contributed by atoms with Crippen molar-refractivity contribution in [3.8, 4) is 0 Å². The van der Waals surface area contributed by atoms with E-state index >= 15 is 0 Å². The number of hydrogen-bond acceptors (Lipinski definition) is 7. The summed E-state index contributed by atoms with van der Waals surface area (Å²) in [5.41, 5.74) is -0.528. The average Bonchev–Trinajstić information content (AvgIpc) is 3.53. The third kappa shape index (κ3) is 2.18. The number of carbonyl (C=O) groups excluding carboxylic acids is 2. The molecule has 3 heterocycles. The zero-order valence-corrected chi connectivity index (χ0v) is 22.7. The van der Waals surface area contributed by atoms with Crippen LogP contribution in [0, 0.1) is 58.7 Å². The van der Waals surface area contributed by atoms with Gasteiger partial charge in [0.1, 0.15) is 17.8 Å². The molecule has 8 rings (SSSR count). The van der Waals surface area contributed by atoms with Crippen LogP contribution in [0.3, 0.4) is 0 Å². The fourth-order valence-corrected chi connectivity index (χ4v) is 12.3. The Kier molecular flexibility index (Phi) is 4.10. The minimum absolute atomic E-state index is 0.00116. The van der Waals surface area contributed by atoms with Crippen molar-refractivity contribution in [2.24, 2.45) is 58.7 Å². The minimum atomic E-state index is -0.974. The first kappa shape index (κ1) is 23.4. The number of aliphatic hydroxyl groups is 2. The summed E-state index contributed by atoms with van der Waals surface area (Å²) in [7, 11) is 0. The Morgan fingerprint density at radius 1 is 0.892 bits per heavy atom. The Bertz CT molecular complexity index is 1170. The van der Waals surface area contributed by atoms with E-state index in [2.05, 4.69) is 20.8 Å². The Hall–Kier alpha value is -1.44. The lowest BCUT2D eigenvalue weighted by Gasteiger charge is -2.55. The van der Waals surface area contributed by atoms with Crippen molar-refractivity contribution in [2.45, 2.75) is 102 Å². The van der Waals surface area contributed by atoms with Gasteiger partial charge in [-0.25, -0.2) is 0 Å². The lowest BCUT2D eigenvalue weighted by molar-refractivity contribution is -0.254. The first-order valence-corrected chi connectivity index (χ1v) is 14.5. The molecule has 7 heteroatoms. The average molecular weight is 513 g/mol. The first-order chi connectivity index (χ1) is 17.3. The van der Waals surface area contributed by atoms with Gasteiger partial charge in [0.2, 0.25) is 0 Å². The van der Waals surface area contributed by atoms with Crippen molar-refractivity contribution in [3.05, 3.63) is 11.1 Å². The maximum atomic E-state index is 13.1. The van der Waals surface area contributed by atoms with Crippen molar-refractivity contribution < 1.29 is 34.0 Å². The van der Waals surface area contributed by atoms with E-state index in [1.54, 1.807) is 0 Å². The van der Waals surface area contributed by atoms with Crippen LogP contribution in [0.1, 0.15) is 67.2 Å². The maximum absolute atomic E-state index is 13.1. The van der Waals surface area contributed by atoms with Crippen LogP contribution in [0.25, 0.3) is 0 Å². The molecule has 202 valence electrons. The molecule has 7 nitrogen and oxygen atoms in total. The topological polar surface area (TPSA) is 102 Å². The normalized spacial score (nSPS) is 64.5. The number of allylic oxidation sites excluding steroid dienone is 1. The van der Waals surface area contributed by atoms with Gasteiger partial charge in [-0.2, -0.15) is 0 Å². The monoisotopic (exact) mass is 512 g/mol. The molecule has 3 saturated heterocycles. The second-order valence-corrected chi connectivity index (χ2v) is 14.7. The van der Waals surface area contributed by atoms with E-state index in [0.717, 1.165) is 24.8 Å². The quantitative estimate of drug-likeness (QED) is 0.380. The van der Waals surface area contributed by atoms with E-state index in [-0.39, 0.29) is 77.4 Å². The molecule has 0 aromatic heterocycles. The van der Waals surface area contributed by atoms with Crippen LogP contribution >= 0.6 is 0 Å². The number of rotatable bonds is 0. The standard InChI is InChI=1S/C30H40O7/c1-11-14-7-9-27(4,34)20-16(21(14)35-25(11)32)13(3)19-17(20)18-22-28(5)10-8-15-12(2)26(33)36-24(15)30(19,22)29(6,37-28)23(18)31/h11-12,14-15,17-24,31,34H,7-10H2,1-6H3/t11-,12-,14-,15-,17-,18+,19?,20?,21-,22?,23-,24-,27-,28-,29+,30?/m0/s1. The van der Waals surface area contributed by atoms with Gasteiger partial charge in [0.25, 0.3) is 0 Å². The molecule has 0 aromatic rings. The summed E-state index contributed by atoms with van der Waals surface area (Å²) >= 11 is 0. The van der Waals surface area contributed by atoms with Gasteiger partial charge >= 0.3 is 11.9 Å². The molecule has 0 spiro atoms. The lowest BCUT2D eigenvalue weighted by Crippen LogP contribution is -2.64. The van der Waals surface area contributed by atoms with Crippen LogP contribution in [0.15, 0.2) is 11.1 Å². The Morgan fingerprint density at radius 2 is 1.54 bits per heavy atom. The highest BCUT2D eigenvalue weighted by atomic mass is 16.6. The summed E-state index contributed by atoms with van der Waals surface area (Å²) in [5, 5.41) is 24.2. The smallest absolute Gasteiger partial charge is 0.309 e. The highest BCUT2D eigenvalue weighted by molar-refractivity contribution is 5.76. The van der Waals surface area contributed by atoms with Crippen LogP contribution in [0.2, 0.25) is 0 Å². The first-order valence-electron chi connectivity index (χ1n) is 14.5. The molecule has 2 N–H and O–H groups in total. The zero-order chi connectivity index (χ0) is 26.2. The fraction of sp³-hybridized carbons (Fsp3) is 0.867. The van der Waals surface area contributed by atoms with Gasteiger partial charge in [0.05, 0.1) is 34.6 Å². The number of ether oxygens (including phenoxy) is 3. The molecule has 3 aliphatic heterocycles. The van der Waals surface area contributed by atoms with Gasteiger partial charge in [0.15, 0.2) is 0 Å². The number of esters is 2. The van der Waals surface area contributed by atoms with Gasteiger partial charge in [0, 0.05) is 23.7 Å². The molecular formula is C30H40O7. The minimum Gasteiger partial charge on any atom is -0.461 e. The maximum Gasteiger partial charge on any atom is 0.309 e. The molecule has 5 bridgehead atoms. The summed E-state index contributed by atoms with van der Waals surface area (Å²) in [4.78, 5) is 25.8. The fourth-order valence-electron chi connectivity index (χ4n) is 12.3. The Labute approximate surface area is 218 Å². The summed E-state index contributed by atoms with van der Waals surface area (Å²) in [6, 6.07) is 0. The molecule has 0 aromatic carbocycles. The number of aliphatic hydroxyl groups excluding tert-OH is 1. The summed E-state index contributed by atoms with van der Waals surface area (Å²) in [5.74, 6) is -0.748. The molecular weight excluding hydrogens is 472 g/mol. The second kappa shape index (κ2) is 6.47. The molecule has 37 heavy (non-hydrogen) atoms. The zero-order valence-electron chi connectivity index (χ0n) is 22.7. The predicted octanol–water partition coefficient (Wildman–Crippen LogP) is 3.01. The molecule has 0 radical (unpaired) electrons. The van der Waals surface area contributed by atoms with E-state index in [0.29, 0.717) is 6.42 Å². The van der Waals surface area contributed by atoms with Crippen LogP contribution in [0.4, 0.5) is 0 Å². The van der Waals surface area contributed by atoms with Crippen LogP contribution in [-0.2, 0) is 23.8 Å². The van der Waals surface area contributed by atoms with E-state index in [1.165, 1.54) is 5.57 Å². The predicted molar refractivity (Wildman–Crippen MR) is 131 cm³/mol. The van der Waals surface area contributed by atoms with E-state index < -0.39 is 28.3 Å². The van der Waals surface area contributed by atoms with Gasteiger partial charge in [-0.15, -0.1) is 0 Å². The van der Waals surface area contributed by atoms with Crippen molar-refractivity contribution in [2.75, 3.05) is 0 Å². The number of fused-ring (bicyclic) bond motifs is 7. The van der Waals surface area contributed by atoms with Gasteiger partial charge in [-0.1, -0.05) is 19.4 Å². The van der Waals surface area contributed by atoms with E-state index in [1.807, 2.05) is 20.8 Å². The largest absolute Gasteiger partial charge is 0.461 e. The van der Waals surface area contributed by atoms with Crippen molar-refractivity contribution in [1.29, 1.82) is 0 Å². The highest BCUT2D eigenvalue weighted by Crippen LogP contribution is 2.85. The number of carbonyl (C=O) groups is 2. The molecule has 0 amide bonds. The lowest BCUT2D eigenvalue weighted by atomic mass is 9.54. The Balaban J connectivity index is 1.39. The van der Waals surface area contributed by atoms with Crippen molar-refractivity contribution in [1.82, 2.24) is 0 Å². The van der Waals surface area contributed by atoms with Crippen LogP contribution in [-0.4, -0.2) is 57.3 Å². The molecule has 16 atom stereocenters. The van der Waals surface area contributed by atoms with E-state index in [4.69, 9.17) is 14.2 Å². The van der Waals surface area contributed by atoms with Crippen LogP contribution < -0.4 is 0 Å². The molecule has 4 unspecified atom stereocenters. The SMILES string of the molecule is CC1=C2C([C@@H]3C1C14C5[C@@H]3[C@H](O)[C@@]1(C)O[C@@]5(C)CC[C@H]1[C@H](C)C(=O)O[C@@H]14)[C@@](C)(O)CC[C@H]1[C@H](C)C(=O)O[C@H]21. The third-order valence-corrected chi connectivity index (χ3v) is 13.5. The van der Waals surface area contributed by atoms with Gasteiger partial charge < -0.3 is 24.4 Å².